The Morgan fingerprint density at radius 3 is 2.37 bits per heavy atom. The number of hydrogen-bond acceptors (Lipinski definition) is 3. The maximum absolute atomic E-state index is 9.33. The van der Waals surface area contributed by atoms with Gasteiger partial charge in [-0.1, -0.05) is 31.9 Å². The van der Waals surface area contributed by atoms with Gasteiger partial charge in [0.1, 0.15) is 12.4 Å². The molecule has 3 heteroatoms. The number of aliphatic hydroxyl groups excluding tert-OH is 1. The van der Waals surface area contributed by atoms with Crippen molar-refractivity contribution in [1.82, 2.24) is 5.32 Å². The van der Waals surface area contributed by atoms with Crippen LogP contribution in [-0.4, -0.2) is 24.4 Å². The predicted molar refractivity (Wildman–Crippen MR) is 78.0 cm³/mol. The zero-order valence-corrected chi connectivity index (χ0v) is 11.9. The summed E-state index contributed by atoms with van der Waals surface area (Å²) >= 11 is 0. The molecule has 0 spiro atoms. The van der Waals surface area contributed by atoms with E-state index in [2.05, 4.69) is 32.0 Å². The molecule has 2 atom stereocenters. The Balaban J connectivity index is 2.62. The molecule has 0 aliphatic heterocycles. The van der Waals surface area contributed by atoms with Crippen LogP contribution in [0.5, 0.6) is 5.75 Å². The summed E-state index contributed by atoms with van der Waals surface area (Å²) in [5.41, 5.74) is 1.16. The zero-order valence-electron chi connectivity index (χ0n) is 11.9. The quantitative estimate of drug-likeness (QED) is 0.740. The summed E-state index contributed by atoms with van der Waals surface area (Å²) in [5, 5.41) is 12.8. The number of ether oxygens (including phenoxy) is 1. The lowest BCUT2D eigenvalue weighted by Gasteiger charge is -2.25. The molecule has 1 rings (SSSR count). The van der Waals surface area contributed by atoms with Crippen molar-refractivity contribution >= 4 is 0 Å². The van der Waals surface area contributed by atoms with Gasteiger partial charge in [-0.05, 0) is 30.5 Å². The number of benzene rings is 1. The van der Waals surface area contributed by atoms with E-state index in [0.717, 1.165) is 11.3 Å². The third-order valence-corrected chi connectivity index (χ3v) is 3.17. The average Bonchev–Trinajstić information content (AvgIpc) is 2.42. The van der Waals surface area contributed by atoms with Crippen LogP contribution in [0.15, 0.2) is 24.3 Å². The number of aliphatic hydroxyl groups is 1. The van der Waals surface area contributed by atoms with Gasteiger partial charge in [-0.25, -0.2) is 0 Å². The van der Waals surface area contributed by atoms with Crippen LogP contribution in [0.3, 0.4) is 0 Å². The number of rotatable bonds is 7. The lowest BCUT2D eigenvalue weighted by atomic mass is 10.0. The molecule has 1 aromatic carbocycles. The molecule has 0 aromatic heterocycles. The molecule has 0 heterocycles. The normalized spacial score (nSPS) is 13.9. The van der Waals surface area contributed by atoms with Gasteiger partial charge in [0.25, 0.3) is 0 Å². The molecule has 0 amide bonds. The van der Waals surface area contributed by atoms with E-state index >= 15 is 0 Å². The first-order chi connectivity index (χ1) is 9.08. The molecule has 3 nitrogen and oxygen atoms in total. The minimum absolute atomic E-state index is 0.104. The van der Waals surface area contributed by atoms with Gasteiger partial charge in [0.2, 0.25) is 0 Å². The van der Waals surface area contributed by atoms with Crippen LogP contribution in [-0.2, 0) is 0 Å². The van der Waals surface area contributed by atoms with Crippen molar-refractivity contribution in [3.8, 4) is 18.1 Å². The lowest BCUT2D eigenvalue weighted by molar-refractivity contribution is 0.201. The van der Waals surface area contributed by atoms with Gasteiger partial charge < -0.3 is 15.2 Å². The van der Waals surface area contributed by atoms with E-state index in [1.807, 2.05) is 24.3 Å². The summed E-state index contributed by atoms with van der Waals surface area (Å²) in [6.07, 6.45) is 5.14. The highest BCUT2D eigenvalue weighted by atomic mass is 16.5. The third-order valence-electron chi connectivity index (χ3n) is 3.17. The number of nitrogens with one attached hydrogen (secondary N) is 1. The highest BCUT2D eigenvalue weighted by Gasteiger charge is 2.15. The van der Waals surface area contributed by atoms with Gasteiger partial charge in [-0.15, -0.1) is 6.42 Å². The molecule has 0 radical (unpaired) electrons. The smallest absolute Gasteiger partial charge is 0.148 e. The van der Waals surface area contributed by atoms with Gasteiger partial charge >= 0.3 is 0 Å². The molecule has 19 heavy (non-hydrogen) atoms. The summed E-state index contributed by atoms with van der Waals surface area (Å²) in [5.74, 6) is 3.61. The molecule has 1 aromatic rings. The molecule has 0 fully saturated rings. The molecular weight excluding hydrogens is 238 g/mol. The van der Waals surface area contributed by atoms with E-state index in [0.29, 0.717) is 5.92 Å². The fraction of sp³-hybridized carbons (Fsp3) is 0.500. The second-order valence-corrected chi connectivity index (χ2v) is 4.98. The molecule has 0 saturated heterocycles. The summed E-state index contributed by atoms with van der Waals surface area (Å²) in [6.45, 7) is 6.70. The van der Waals surface area contributed by atoms with Crippen molar-refractivity contribution in [3.63, 3.8) is 0 Å². The van der Waals surface area contributed by atoms with E-state index in [9.17, 15) is 5.11 Å². The maximum Gasteiger partial charge on any atom is 0.148 e. The van der Waals surface area contributed by atoms with E-state index in [1.54, 1.807) is 0 Å². The Labute approximate surface area is 116 Å². The largest absolute Gasteiger partial charge is 0.481 e. The Bertz CT molecular complexity index is 406. The molecule has 0 bridgehead atoms. The molecule has 2 N–H and O–H groups in total. The summed E-state index contributed by atoms with van der Waals surface area (Å²) < 4.78 is 5.33. The Morgan fingerprint density at radius 1 is 1.26 bits per heavy atom. The highest BCUT2D eigenvalue weighted by molar-refractivity contribution is 5.29. The summed E-state index contributed by atoms with van der Waals surface area (Å²) in [7, 11) is 0. The SMILES string of the molecule is C#CCOc1ccc(C(C)N[C@H](CO)C(C)C)cc1. The van der Waals surface area contributed by atoms with E-state index < -0.39 is 0 Å². The maximum atomic E-state index is 9.33. The van der Waals surface area contributed by atoms with Crippen LogP contribution in [0.25, 0.3) is 0 Å². The predicted octanol–water partition coefficient (Wildman–Crippen LogP) is 2.37. The van der Waals surface area contributed by atoms with Crippen molar-refractivity contribution in [3.05, 3.63) is 29.8 Å². The molecule has 1 unspecified atom stereocenters. The zero-order chi connectivity index (χ0) is 14.3. The van der Waals surface area contributed by atoms with Gasteiger partial charge in [0.15, 0.2) is 0 Å². The minimum atomic E-state index is 0.104. The van der Waals surface area contributed by atoms with Crippen molar-refractivity contribution in [2.24, 2.45) is 5.92 Å². The number of terminal acetylenes is 1. The van der Waals surface area contributed by atoms with Gasteiger partial charge in [-0.3, -0.25) is 0 Å². The minimum Gasteiger partial charge on any atom is -0.481 e. The fourth-order valence-electron chi connectivity index (χ4n) is 1.85. The first-order valence-corrected chi connectivity index (χ1v) is 6.61. The van der Waals surface area contributed by atoms with Crippen molar-refractivity contribution < 1.29 is 9.84 Å². The van der Waals surface area contributed by atoms with Crippen molar-refractivity contribution in [1.29, 1.82) is 0 Å². The van der Waals surface area contributed by atoms with Crippen LogP contribution >= 0.6 is 0 Å². The second-order valence-electron chi connectivity index (χ2n) is 4.98. The van der Waals surface area contributed by atoms with E-state index in [-0.39, 0.29) is 25.3 Å². The van der Waals surface area contributed by atoms with Crippen molar-refractivity contribution in [2.45, 2.75) is 32.9 Å². The number of hydrogen-bond donors (Lipinski definition) is 2. The topological polar surface area (TPSA) is 41.5 Å². The Kier molecular flexibility index (Phi) is 6.41. The fourth-order valence-corrected chi connectivity index (χ4v) is 1.85. The monoisotopic (exact) mass is 261 g/mol. The first kappa shape index (κ1) is 15.6. The average molecular weight is 261 g/mol. The molecule has 0 aliphatic carbocycles. The Morgan fingerprint density at radius 2 is 1.89 bits per heavy atom. The molecule has 0 aliphatic rings. The summed E-state index contributed by atoms with van der Waals surface area (Å²) in [6, 6.07) is 8.13. The van der Waals surface area contributed by atoms with Gasteiger partial charge in [0, 0.05) is 12.1 Å². The van der Waals surface area contributed by atoms with Crippen LogP contribution in [0.4, 0.5) is 0 Å². The standard InChI is InChI=1S/C16H23NO2/c1-5-10-19-15-8-6-14(7-9-15)13(4)17-16(11-18)12(2)3/h1,6-9,12-13,16-18H,10-11H2,2-4H3/t13?,16-/m1/s1. The second kappa shape index (κ2) is 7.83. The lowest BCUT2D eigenvalue weighted by Crippen LogP contribution is -2.38. The van der Waals surface area contributed by atoms with Crippen LogP contribution in [0, 0.1) is 18.3 Å². The highest BCUT2D eigenvalue weighted by Crippen LogP contribution is 2.19. The van der Waals surface area contributed by atoms with E-state index in [1.165, 1.54) is 0 Å². The van der Waals surface area contributed by atoms with Crippen LogP contribution in [0.1, 0.15) is 32.4 Å². The van der Waals surface area contributed by atoms with Gasteiger partial charge in [0.05, 0.1) is 6.61 Å². The van der Waals surface area contributed by atoms with Gasteiger partial charge in [-0.2, -0.15) is 0 Å². The van der Waals surface area contributed by atoms with Crippen LogP contribution < -0.4 is 10.1 Å². The van der Waals surface area contributed by atoms with Crippen molar-refractivity contribution in [2.75, 3.05) is 13.2 Å². The molecular formula is C16H23NO2. The Hall–Kier alpha value is -1.50. The van der Waals surface area contributed by atoms with Crippen LogP contribution in [0.2, 0.25) is 0 Å². The van der Waals surface area contributed by atoms with E-state index in [4.69, 9.17) is 11.2 Å². The first-order valence-electron chi connectivity index (χ1n) is 6.61. The molecule has 104 valence electrons. The summed E-state index contributed by atoms with van der Waals surface area (Å²) in [4.78, 5) is 0. The third kappa shape index (κ3) is 4.94. The molecule has 0 saturated carbocycles.